The van der Waals surface area contributed by atoms with Crippen molar-refractivity contribution >= 4 is 35.5 Å². The van der Waals surface area contributed by atoms with Crippen LogP contribution in [0.1, 0.15) is 33.6 Å². The molecule has 0 aliphatic rings. The standard InChI is InChI=1S/C22H33FO7S.C16H24FNO5S.C12H18O5S/c1-22(2,3)30-21(24)11-6-17(12-23)15-29-19-7-9-20(10-8-19)31(25,26)16-18(13-27-4)14-28-5;1-21-9-14(10-22-2)12-24(19,20)16-5-3-15(4-6-16)23-11-13(7-17)8-18;1-16-7-10(8-17-2)9-18(14,15)12-5-3-11(13)4-6-12/h7-10,12,18H,6,11,13-16H2,1-5H3;3-7,14H,8-12,18H2,1-2H3;3-6,10,13H,7-9H2,1-2H3/b17-12+;13-7+;. The summed E-state index contributed by atoms with van der Waals surface area (Å²) in [5, 5.41) is 9.14. The van der Waals surface area contributed by atoms with E-state index in [1.807, 2.05) is 0 Å². The number of carbonyl (C=O) groups excluding carboxylic acids is 1. The largest absolute Gasteiger partial charge is 0.508 e. The molecule has 0 aromatic heterocycles. The monoisotopic (exact) mass is 1100 g/mol. The van der Waals surface area contributed by atoms with Gasteiger partial charge in [0.2, 0.25) is 0 Å². The topological polar surface area (TPSA) is 249 Å². The Kier molecular flexibility index (Phi) is 31.7. The maximum absolute atomic E-state index is 13.1. The van der Waals surface area contributed by atoms with Gasteiger partial charge in [0.25, 0.3) is 0 Å². The lowest BCUT2D eigenvalue weighted by atomic mass is 10.1. The molecule has 0 unspecified atom stereocenters. The van der Waals surface area contributed by atoms with Gasteiger partial charge in [-0.15, -0.1) is 0 Å². The third-order valence-electron chi connectivity index (χ3n) is 9.83. The van der Waals surface area contributed by atoms with Crippen molar-refractivity contribution in [3.8, 4) is 17.2 Å². The summed E-state index contributed by atoms with van der Waals surface area (Å²) in [7, 11) is -1.29. The molecule has 414 valence electrons. The predicted octanol–water partition coefficient (Wildman–Crippen LogP) is 6.36. The molecule has 0 bridgehead atoms. The van der Waals surface area contributed by atoms with Crippen LogP contribution in [0.3, 0.4) is 0 Å². The molecule has 0 heterocycles. The van der Waals surface area contributed by atoms with Gasteiger partial charge in [-0.25, -0.2) is 34.0 Å². The van der Waals surface area contributed by atoms with Gasteiger partial charge < -0.3 is 53.5 Å². The Labute approximate surface area is 430 Å². The number of benzene rings is 3. The number of nitrogens with two attached hydrogens (primary N) is 1. The first kappa shape index (κ1) is 66.5. The lowest BCUT2D eigenvalue weighted by Gasteiger charge is -2.19. The Hall–Kier alpha value is -4.56. The van der Waals surface area contributed by atoms with Crippen LogP contribution in [0.2, 0.25) is 0 Å². The highest BCUT2D eigenvalue weighted by molar-refractivity contribution is 7.92. The van der Waals surface area contributed by atoms with Crippen molar-refractivity contribution in [1.29, 1.82) is 0 Å². The molecular formula is C50H75F2NO17S3. The fourth-order valence-electron chi connectivity index (χ4n) is 6.51. The molecule has 0 saturated heterocycles. The van der Waals surface area contributed by atoms with Crippen LogP contribution >= 0.6 is 0 Å². The van der Waals surface area contributed by atoms with Gasteiger partial charge in [-0.3, -0.25) is 4.79 Å². The second kappa shape index (κ2) is 34.8. The first-order valence-corrected chi connectivity index (χ1v) is 27.8. The molecule has 3 aromatic carbocycles. The van der Waals surface area contributed by atoms with Crippen molar-refractivity contribution in [2.75, 3.05) is 119 Å². The van der Waals surface area contributed by atoms with Crippen LogP contribution in [-0.2, 0) is 67.5 Å². The highest BCUT2D eigenvalue weighted by atomic mass is 32.2. The fraction of sp³-hybridized carbons (Fsp3) is 0.540. The molecule has 0 aliphatic heterocycles. The minimum absolute atomic E-state index is 0.0167. The number of ether oxygens (including phenoxy) is 9. The average molecular weight is 1100 g/mol. The summed E-state index contributed by atoms with van der Waals surface area (Å²) in [5.74, 6) is -0.501. The number of hydrogen-bond acceptors (Lipinski definition) is 18. The van der Waals surface area contributed by atoms with Gasteiger partial charge in [0.05, 0.1) is 84.2 Å². The van der Waals surface area contributed by atoms with E-state index in [-0.39, 0.29) is 101 Å². The Morgan fingerprint density at radius 2 is 0.836 bits per heavy atom. The summed E-state index contributed by atoms with van der Waals surface area (Å²) in [5.41, 5.74) is 5.35. The highest BCUT2D eigenvalue weighted by Crippen LogP contribution is 2.23. The molecule has 0 radical (unpaired) electrons. The van der Waals surface area contributed by atoms with E-state index in [4.69, 9.17) is 53.5 Å². The predicted molar refractivity (Wildman–Crippen MR) is 272 cm³/mol. The number of hydrogen-bond donors (Lipinski definition) is 2. The first-order valence-electron chi connectivity index (χ1n) is 22.8. The van der Waals surface area contributed by atoms with Crippen LogP contribution < -0.4 is 15.2 Å². The van der Waals surface area contributed by atoms with E-state index in [9.17, 15) is 38.8 Å². The SMILES string of the molecule is COCC(COC)CS(=O)(=O)c1ccc(O)cc1.COCC(COC)CS(=O)(=O)c1ccc(OC/C(=C/F)CCC(=O)OC(C)(C)C)cc1.COCC(COC)CS(=O)(=O)c1ccc(OC/C(=C/F)CN)cc1. The molecule has 0 fully saturated rings. The Morgan fingerprint density at radius 3 is 1.11 bits per heavy atom. The number of halogens is 2. The first-order chi connectivity index (χ1) is 34.5. The van der Waals surface area contributed by atoms with Crippen LogP contribution in [0.15, 0.2) is 111 Å². The molecule has 0 spiro atoms. The zero-order valence-electron chi connectivity index (χ0n) is 43.3. The van der Waals surface area contributed by atoms with Crippen molar-refractivity contribution in [1.82, 2.24) is 0 Å². The van der Waals surface area contributed by atoms with E-state index >= 15 is 0 Å². The van der Waals surface area contributed by atoms with E-state index in [0.29, 0.717) is 61.7 Å². The quantitative estimate of drug-likeness (QED) is 0.0665. The number of phenolic OH excluding ortho intramolecular Hbond substituents is 1. The van der Waals surface area contributed by atoms with E-state index in [1.165, 1.54) is 115 Å². The smallest absolute Gasteiger partial charge is 0.306 e. The van der Waals surface area contributed by atoms with Crippen molar-refractivity contribution in [3.63, 3.8) is 0 Å². The third kappa shape index (κ3) is 27.5. The summed E-state index contributed by atoms with van der Waals surface area (Å²) in [6.07, 6.45) is 1.02. The van der Waals surface area contributed by atoms with Crippen LogP contribution in [0.25, 0.3) is 0 Å². The van der Waals surface area contributed by atoms with Crippen molar-refractivity contribution in [3.05, 3.63) is 96.6 Å². The molecule has 0 amide bonds. The number of rotatable bonds is 31. The molecule has 0 atom stereocenters. The van der Waals surface area contributed by atoms with Crippen LogP contribution in [0.4, 0.5) is 8.78 Å². The minimum Gasteiger partial charge on any atom is -0.508 e. The van der Waals surface area contributed by atoms with Crippen molar-refractivity contribution < 1.29 is 86.6 Å². The number of carbonyl (C=O) groups is 1. The van der Waals surface area contributed by atoms with Gasteiger partial charge >= 0.3 is 5.97 Å². The molecule has 3 rings (SSSR count). The zero-order chi connectivity index (χ0) is 55.1. The second-order valence-corrected chi connectivity index (χ2v) is 23.6. The zero-order valence-corrected chi connectivity index (χ0v) is 45.7. The second-order valence-electron chi connectivity index (χ2n) is 17.5. The van der Waals surface area contributed by atoms with Crippen molar-refractivity contribution in [2.45, 2.75) is 53.9 Å². The number of esters is 1. The van der Waals surface area contributed by atoms with Gasteiger partial charge in [0, 0.05) is 79.0 Å². The minimum atomic E-state index is -3.53. The Morgan fingerprint density at radius 1 is 0.534 bits per heavy atom. The lowest BCUT2D eigenvalue weighted by Crippen LogP contribution is -2.24. The number of phenols is 1. The fourth-order valence-corrected chi connectivity index (χ4v) is 11.2. The Bertz CT molecular complexity index is 2400. The maximum Gasteiger partial charge on any atom is 0.306 e. The van der Waals surface area contributed by atoms with Gasteiger partial charge in [0.1, 0.15) is 36.1 Å². The summed E-state index contributed by atoms with van der Waals surface area (Å²) >= 11 is 0. The molecular weight excluding hydrogens is 1020 g/mol. The molecule has 23 heteroatoms. The summed E-state index contributed by atoms with van der Waals surface area (Å²) in [6.45, 7) is 7.10. The van der Waals surface area contributed by atoms with Gasteiger partial charge in [-0.1, -0.05) is 0 Å². The number of sulfone groups is 3. The van der Waals surface area contributed by atoms with Crippen LogP contribution in [0.5, 0.6) is 17.2 Å². The van der Waals surface area contributed by atoms with Gasteiger partial charge in [0.15, 0.2) is 29.5 Å². The molecule has 73 heavy (non-hydrogen) atoms. The van der Waals surface area contributed by atoms with Gasteiger partial charge in [-0.2, -0.15) is 0 Å². The molecule has 0 saturated carbocycles. The van der Waals surface area contributed by atoms with E-state index in [2.05, 4.69) is 0 Å². The Balaban J connectivity index is 0.000000568. The van der Waals surface area contributed by atoms with Crippen molar-refractivity contribution in [2.24, 2.45) is 23.5 Å². The highest BCUT2D eigenvalue weighted by Gasteiger charge is 2.24. The maximum atomic E-state index is 13.1. The average Bonchev–Trinajstić information content (AvgIpc) is 3.32. The lowest BCUT2D eigenvalue weighted by molar-refractivity contribution is -0.154. The van der Waals surface area contributed by atoms with E-state index < -0.39 is 41.1 Å². The molecule has 3 aromatic rings. The molecule has 18 nitrogen and oxygen atoms in total. The summed E-state index contributed by atoms with van der Waals surface area (Å²) in [4.78, 5) is 12.3. The molecule has 0 aliphatic carbocycles. The summed E-state index contributed by atoms with van der Waals surface area (Å²) < 4.78 is 146. The molecule has 3 N–H and O–H groups in total. The van der Waals surface area contributed by atoms with Crippen LogP contribution in [0, 0.1) is 17.8 Å². The van der Waals surface area contributed by atoms with E-state index in [1.54, 1.807) is 20.8 Å². The number of aromatic hydroxyl groups is 1. The number of methoxy groups -OCH3 is 6. The third-order valence-corrected chi connectivity index (χ3v) is 15.5. The van der Waals surface area contributed by atoms with Gasteiger partial charge in [-0.05, 0) is 106 Å². The normalized spacial score (nSPS) is 12.5. The van der Waals surface area contributed by atoms with E-state index in [0.717, 1.165) is 0 Å². The summed E-state index contributed by atoms with van der Waals surface area (Å²) in [6, 6.07) is 17.4. The van der Waals surface area contributed by atoms with Crippen LogP contribution in [-0.4, -0.2) is 161 Å².